The fourth-order valence-corrected chi connectivity index (χ4v) is 7.03. The molecule has 2 unspecified atom stereocenters. The summed E-state index contributed by atoms with van der Waals surface area (Å²) in [6, 6.07) is 4.44. The Labute approximate surface area is 121 Å². The third-order valence-electron chi connectivity index (χ3n) is 6.44. The molecule has 5 rings (SSSR count). The van der Waals surface area contributed by atoms with Crippen molar-refractivity contribution in [3.8, 4) is 0 Å². The second-order valence-corrected chi connectivity index (χ2v) is 8.93. The Morgan fingerprint density at radius 2 is 1.60 bits per heavy atom. The topological polar surface area (TPSA) is 22.0 Å². The molecule has 2 heteroatoms. The zero-order valence-corrected chi connectivity index (χ0v) is 13.1. The van der Waals surface area contributed by atoms with Gasteiger partial charge in [0.15, 0.2) is 0 Å². The monoisotopic (exact) mass is 271 g/mol. The van der Waals surface area contributed by atoms with E-state index in [1.807, 2.05) is 0 Å². The Morgan fingerprint density at radius 1 is 1.00 bits per heavy atom. The summed E-state index contributed by atoms with van der Waals surface area (Å²) in [4.78, 5) is 12.9. The molecule has 1 aromatic heterocycles. The van der Waals surface area contributed by atoms with Crippen LogP contribution >= 0.6 is 0 Å². The van der Waals surface area contributed by atoms with E-state index in [1.165, 1.54) is 12.1 Å². The smallest absolute Gasteiger partial charge is 0.144 e. The highest BCUT2D eigenvalue weighted by Gasteiger charge is 2.69. The van der Waals surface area contributed by atoms with Gasteiger partial charge in [0.05, 0.1) is 0 Å². The summed E-state index contributed by atoms with van der Waals surface area (Å²) in [5.74, 6) is 0.548. The van der Waals surface area contributed by atoms with Crippen molar-refractivity contribution in [2.45, 2.75) is 58.3 Å². The van der Waals surface area contributed by atoms with Crippen molar-refractivity contribution in [2.24, 2.45) is 23.3 Å². The van der Waals surface area contributed by atoms with Gasteiger partial charge < -0.3 is 4.57 Å². The molecule has 1 aromatic rings. The molecule has 0 spiro atoms. The highest BCUT2D eigenvalue weighted by molar-refractivity contribution is 5.92. The highest BCUT2D eigenvalue weighted by Crippen LogP contribution is 2.72. The van der Waals surface area contributed by atoms with Gasteiger partial charge in [-0.1, -0.05) is 20.8 Å². The van der Waals surface area contributed by atoms with Gasteiger partial charge in [-0.05, 0) is 49.7 Å². The Hall–Kier alpha value is -1.05. The number of carbonyl (C=O) groups excluding carboxylic acids is 1. The summed E-state index contributed by atoms with van der Waals surface area (Å²) < 4.78 is 2.29. The number of aromatic nitrogens is 1. The predicted octanol–water partition coefficient (Wildman–Crippen LogP) is 3.84. The summed E-state index contributed by atoms with van der Waals surface area (Å²) in [6.07, 6.45) is 7.73. The van der Waals surface area contributed by atoms with Gasteiger partial charge in [-0.3, -0.25) is 4.79 Å². The normalized spacial score (nSPS) is 49.9. The fraction of sp³-hybridized carbons (Fsp3) is 0.722. The molecule has 4 atom stereocenters. The summed E-state index contributed by atoms with van der Waals surface area (Å²) >= 11 is 0. The third-order valence-corrected chi connectivity index (χ3v) is 6.44. The van der Waals surface area contributed by atoms with Gasteiger partial charge in [0, 0.05) is 35.2 Å². The van der Waals surface area contributed by atoms with Crippen molar-refractivity contribution < 1.29 is 4.79 Å². The lowest BCUT2D eigenvalue weighted by Crippen LogP contribution is -2.65. The van der Waals surface area contributed by atoms with Gasteiger partial charge >= 0.3 is 0 Å². The maximum atomic E-state index is 12.9. The van der Waals surface area contributed by atoms with E-state index in [0.717, 1.165) is 25.7 Å². The molecule has 20 heavy (non-hydrogen) atoms. The van der Waals surface area contributed by atoms with Crippen LogP contribution in [0.3, 0.4) is 0 Å². The van der Waals surface area contributed by atoms with Crippen molar-refractivity contribution in [3.05, 3.63) is 24.0 Å². The van der Waals surface area contributed by atoms with Crippen LogP contribution in [-0.2, 0) is 17.3 Å². The van der Waals surface area contributed by atoms with Crippen molar-refractivity contribution in [1.82, 2.24) is 4.57 Å². The van der Waals surface area contributed by atoms with Crippen LogP contribution in [0.2, 0.25) is 0 Å². The standard InChI is InChI=1S/C18H25NO/c1-15-8-16(2)11-18(10-15,13-6-5-7-19(13)4)12-17(3,9-15)14(16)20/h5-7H,8-12H2,1-4H3/t15?,16-,17+,18?. The number of nitrogens with zero attached hydrogens (tertiary/aromatic N) is 1. The SMILES string of the molecule is Cn1cccc1C12CC3(C)C[C@@](C)(C1)C(=O)[C@](C)(C3)C2. The fourth-order valence-electron chi connectivity index (χ4n) is 7.03. The van der Waals surface area contributed by atoms with E-state index in [0.29, 0.717) is 11.2 Å². The molecule has 108 valence electrons. The first-order valence-corrected chi connectivity index (χ1v) is 7.87. The zero-order valence-electron chi connectivity index (χ0n) is 13.1. The Bertz CT molecular complexity index is 589. The molecule has 2 nitrogen and oxygen atoms in total. The Balaban J connectivity index is 1.93. The number of hydrogen-bond acceptors (Lipinski definition) is 1. The van der Waals surface area contributed by atoms with E-state index in [-0.39, 0.29) is 16.2 Å². The van der Waals surface area contributed by atoms with Crippen LogP contribution in [0.15, 0.2) is 18.3 Å². The quantitative estimate of drug-likeness (QED) is 0.760. The lowest BCUT2D eigenvalue weighted by atomic mass is 9.35. The molecule has 0 aliphatic heterocycles. The molecular formula is C18H25NO. The molecule has 4 aliphatic rings. The predicted molar refractivity (Wildman–Crippen MR) is 79.5 cm³/mol. The van der Waals surface area contributed by atoms with Crippen molar-refractivity contribution in [3.63, 3.8) is 0 Å². The average Bonchev–Trinajstić information content (AvgIpc) is 2.70. The van der Waals surface area contributed by atoms with Gasteiger partial charge in [0.25, 0.3) is 0 Å². The number of carbonyl (C=O) groups is 1. The van der Waals surface area contributed by atoms with E-state index in [9.17, 15) is 4.79 Å². The van der Waals surface area contributed by atoms with Gasteiger partial charge in [0.2, 0.25) is 0 Å². The average molecular weight is 271 g/mol. The number of aryl methyl sites for hydroxylation is 1. The molecule has 0 N–H and O–H groups in total. The first-order valence-electron chi connectivity index (χ1n) is 7.87. The molecule has 4 bridgehead atoms. The van der Waals surface area contributed by atoms with E-state index in [1.54, 1.807) is 0 Å². The molecule has 4 saturated carbocycles. The van der Waals surface area contributed by atoms with Crippen LogP contribution in [0.5, 0.6) is 0 Å². The maximum Gasteiger partial charge on any atom is 0.144 e. The summed E-state index contributed by atoms with van der Waals surface area (Å²) in [5, 5.41) is 0. The summed E-state index contributed by atoms with van der Waals surface area (Å²) in [6.45, 7) is 6.90. The van der Waals surface area contributed by atoms with Crippen LogP contribution in [0, 0.1) is 16.2 Å². The molecule has 1 heterocycles. The van der Waals surface area contributed by atoms with Gasteiger partial charge in [-0.2, -0.15) is 0 Å². The van der Waals surface area contributed by atoms with E-state index >= 15 is 0 Å². The number of ketones is 1. The second kappa shape index (κ2) is 3.23. The number of rotatable bonds is 1. The molecule has 0 aromatic carbocycles. The lowest BCUT2D eigenvalue weighted by Gasteiger charge is -2.67. The molecular weight excluding hydrogens is 246 g/mol. The molecule has 4 fully saturated rings. The first kappa shape index (κ1) is 12.7. The third kappa shape index (κ3) is 1.33. The van der Waals surface area contributed by atoms with Crippen molar-refractivity contribution in [2.75, 3.05) is 0 Å². The van der Waals surface area contributed by atoms with Crippen LogP contribution in [0.25, 0.3) is 0 Å². The Kier molecular flexibility index (Phi) is 2.05. The minimum absolute atomic E-state index is 0.0947. The van der Waals surface area contributed by atoms with Gasteiger partial charge in [-0.15, -0.1) is 0 Å². The van der Waals surface area contributed by atoms with Crippen LogP contribution in [0.4, 0.5) is 0 Å². The first-order chi connectivity index (χ1) is 9.21. The van der Waals surface area contributed by atoms with E-state index in [4.69, 9.17) is 0 Å². The minimum Gasteiger partial charge on any atom is -0.354 e. The highest BCUT2D eigenvalue weighted by atomic mass is 16.1. The van der Waals surface area contributed by atoms with Crippen LogP contribution < -0.4 is 0 Å². The summed E-state index contributed by atoms with van der Waals surface area (Å²) in [7, 11) is 2.16. The lowest BCUT2D eigenvalue weighted by molar-refractivity contribution is -0.179. The molecule has 0 radical (unpaired) electrons. The maximum absolute atomic E-state index is 12.9. The van der Waals surface area contributed by atoms with Crippen molar-refractivity contribution in [1.29, 1.82) is 0 Å². The van der Waals surface area contributed by atoms with Crippen molar-refractivity contribution >= 4 is 5.78 Å². The van der Waals surface area contributed by atoms with Crippen LogP contribution in [-0.4, -0.2) is 10.4 Å². The van der Waals surface area contributed by atoms with Gasteiger partial charge in [0.1, 0.15) is 5.78 Å². The largest absolute Gasteiger partial charge is 0.354 e. The number of hydrogen-bond donors (Lipinski definition) is 0. The Morgan fingerprint density at radius 3 is 2.10 bits per heavy atom. The van der Waals surface area contributed by atoms with E-state index in [2.05, 4.69) is 50.7 Å². The second-order valence-electron chi connectivity index (χ2n) is 8.93. The zero-order chi connectivity index (χ0) is 14.4. The minimum atomic E-state index is -0.0947. The van der Waals surface area contributed by atoms with Gasteiger partial charge in [-0.25, -0.2) is 0 Å². The van der Waals surface area contributed by atoms with Crippen LogP contribution in [0.1, 0.15) is 58.6 Å². The summed E-state index contributed by atoms with van der Waals surface area (Å²) in [5.41, 5.74) is 1.83. The molecule has 0 saturated heterocycles. The van der Waals surface area contributed by atoms with E-state index < -0.39 is 0 Å². The molecule has 0 amide bonds. The number of Topliss-reactive ketones (excluding diaryl/α,β-unsaturated/α-hetero) is 1. The molecule has 4 aliphatic carbocycles.